The molecule has 0 aromatic carbocycles. The van der Waals surface area contributed by atoms with Gasteiger partial charge in [-0.1, -0.05) is 41.4 Å². The third-order valence-corrected chi connectivity index (χ3v) is 5.84. The summed E-state index contributed by atoms with van der Waals surface area (Å²) in [5, 5.41) is 0. The summed E-state index contributed by atoms with van der Waals surface area (Å²) in [5.74, 6) is -0.743. The first-order valence-electron chi connectivity index (χ1n) is 10.7. The molecule has 2 aliphatic rings. The Morgan fingerprint density at radius 1 is 1.33 bits per heavy atom. The van der Waals surface area contributed by atoms with E-state index in [0.29, 0.717) is 0 Å². The standard InChI is InChI=1S/C26H39NO2.W/c1-9-11-24-21(6)22(10-2)17-26(29-24)16-19(4)15-23(28-26)14-18(3)12-13-20(5)25(7,8)27;/h11,13-14,16-17,21,23-24H,6,10,12,15,27H2,1-5,7-8H3;/q-2;+2/b18-14+,20-13?;/t21-,23-,24-,26+;/m0./s1. The van der Waals surface area contributed by atoms with Gasteiger partial charge < -0.3 is 28.2 Å². The summed E-state index contributed by atoms with van der Waals surface area (Å²) in [5.41, 5.74) is 10.9. The van der Waals surface area contributed by atoms with Gasteiger partial charge in [0.05, 0.1) is 6.10 Å². The zero-order valence-corrected chi connectivity index (χ0v) is 22.7. The van der Waals surface area contributed by atoms with Crippen molar-refractivity contribution in [1.29, 1.82) is 0 Å². The van der Waals surface area contributed by atoms with Crippen LogP contribution in [-0.4, -0.2) is 23.5 Å². The van der Waals surface area contributed by atoms with Crippen LogP contribution in [0.1, 0.15) is 67.7 Å². The van der Waals surface area contributed by atoms with Crippen LogP contribution >= 0.6 is 0 Å². The molecule has 4 atom stereocenters. The van der Waals surface area contributed by atoms with Crippen LogP contribution in [-0.2, 0) is 30.5 Å². The largest absolute Gasteiger partial charge is 2.00 e. The first-order chi connectivity index (χ1) is 13.5. The van der Waals surface area contributed by atoms with Crippen LogP contribution < -0.4 is 5.73 Å². The van der Waals surface area contributed by atoms with Crippen molar-refractivity contribution in [2.75, 3.05) is 0 Å². The van der Waals surface area contributed by atoms with E-state index >= 15 is 0 Å². The van der Waals surface area contributed by atoms with Gasteiger partial charge in [-0.2, -0.15) is 6.92 Å². The fraction of sp³-hybridized carbons (Fsp3) is 0.577. The van der Waals surface area contributed by atoms with E-state index in [0.717, 1.165) is 19.3 Å². The Morgan fingerprint density at radius 3 is 2.57 bits per heavy atom. The fourth-order valence-electron chi connectivity index (χ4n) is 3.81. The molecular formula is C26H39NO2W. The molecule has 4 heteroatoms. The van der Waals surface area contributed by atoms with E-state index in [1.165, 1.54) is 22.3 Å². The maximum absolute atomic E-state index is 6.51. The first kappa shape index (κ1) is 27.3. The van der Waals surface area contributed by atoms with Crippen molar-refractivity contribution < 1.29 is 30.5 Å². The van der Waals surface area contributed by atoms with E-state index in [1.54, 1.807) is 0 Å². The maximum Gasteiger partial charge on any atom is 2.00 e. The Kier molecular flexibility index (Phi) is 10.2. The second kappa shape index (κ2) is 11.2. The van der Waals surface area contributed by atoms with Gasteiger partial charge in [-0.3, -0.25) is 0 Å². The fourth-order valence-corrected chi connectivity index (χ4v) is 3.81. The number of rotatable bonds is 6. The van der Waals surface area contributed by atoms with Gasteiger partial charge in [0, 0.05) is 11.6 Å². The molecule has 0 bridgehead atoms. The first-order valence-corrected chi connectivity index (χ1v) is 10.7. The monoisotopic (exact) mass is 581 g/mol. The summed E-state index contributed by atoms with van der Waals surface area (Å²) in [7, 11) is 0. The van der Waals surface area contributed by atoms with Crippen molar-refractivity contribution in [3.8, 4) is 0 Å². The molecule has 2 N–H and O–H groups in total. The molecular weight excluding hydrogens is 542 g/mol. The summed E-state index contributed by atoms with van der Waals surface area (Å²) in [4.78, 5) is 0. The summed E-state index contributed by atoms with van der Waals surface area (Å²) < 4.78 is 12.9. The predicted octanol–water partition coefficient (Wildman–Crippen LogP) is 6.00. The zero-order chi connectivity index (χ0) is 21.8. The smallest absolute Gasteiger partial charge is 0.501 e. The Labute approximate surface area is 198 Å². The van der Waals surface area contributed by atoms with E-state index < -0.39 is 5.79 Å². The molecule has 0 amide bonds. The third kappa shape index (κ3) is 7.16. The van der Waals surface area contributed by atoms with Crippen LogP contribution in [0.4, 0.5) is 0 Å². The predicted molar refractivity (Wildman–Crippen MR) is 122 cm³/mol. The van der Waals surface area contributed by atoms with Crippen molar-refractivity contribution >= 4 is 0 Å². The number of nitrogens with two attached hydrogens (primary N) is 1. The van der Waals surface area contributed by atoms with E-state index in [4.69, 9.17) is 15.2 Å². The number of hydrogen-bond donors (Lipinski definition) is 1. The van der Waals surface area contributed by atoms with Crippen molar-refractivity contribution in [3.63, 3.8) is 0 Å². The van der Waals surface area contributed by atoms with E-state index in [1.807, 2.05) is 26.8 Å². The number of hydrogen-bond acceptors (Lipinski definition) is 3. The van der Waals surface area contributed by atoms with Gasteiger partial charge in [-0.15, -0.1) is 5.92 Å². The molecule has 0 radical (unpaired) electrons. The van der Waals surface area contributed by atoms with Crippen molar-refractivity contribution in [1.82, 2.24) is 0 Å². The number of allylic oxidation sites excluding steroid dienone is 3. The maximum atomic E-state index is 6.51. The number of ether oxygens (including phenoxy) is 2. The third-order valence-electron chi connectivity index (χ3n) is 5.84. The quantitative estimate of drug-likeness (QED) is 0.309. The zero-order valence-electron chi connectivity index (χ0n) is 19.7. The van der Waals surface area contributed by atoms with Crippen LogP contribution in [0.2, 0.25) is 0 Å². The molecule has 0 saturated heterocycles. The average Bonchev–Trinajstić information content (AvgIpc) is 2.61. The molecule has 3 nitrogen and oxygen atoms in total. The molecule has 0 aliphatic carbocycles. The molecule has 2 aliphatic heterocycles. The second-order valence-corrected chi connectivity index (χ2v) is 9.12. The van der Waals surface area contributed by atoms with E-state index in [2.05, 4.69) is 65.0 Å². The van der Waals surface area contributed by atoms with Gasteiger partial charge in [0.15, 0.2) is 0 Å². The van der Waals surface area contributed by atoms with Gasteiger partial charge in [0.2, 0.25) is 5.79 Å². The minimum absolute atomic E-state index is 0. The normalized spacial score (nSPS) is 30.9. The van der Waals surface area contributed by atoms with Crippen LogP contribution in [0.25, 0.3) is 0 Å². The minimum Gasteiger partial charge on any atom is -0.501 e. The summed E-state index contributed by atoms with van der Waals surface area (Å²) in [6.45, 7) is 18.8. The summed E-state index contributed by atoms with van der Waals surface area (Å²) in [6.07, 6.45) is 16.3. The Balaban J connectivity index is 0.00000450. The molecule has 0 aromatic rings. The summed E-state index contributed by atoms with van der Waals surface area (Å²) >= 11 is 0. The van der Waals surface area contributed by atoms with Crippen molar-refractivity contribution in [2.24, 2.45) is 11.7 Å². The van der Waals surface area contributed by atoms with Crippen molar-refractivity contribution in [2.45, 2.75) is 91.3 Å². The molecule has 2 heterocycles. The second-order valence-electron chi connectivity index (χ2n) is 9.12. The molecule has 0 saturated carbocycles. The molecule has 30 heavy (non-hydrogen) atoms. The topological polar surface area (TPSA) is 44.5 Å². The van der Waals surface area contributed by atoms with Crippen molar-refractivity contribution in [3.05, 3.63) is 65.7 Å². The SMILES string of the molecule is [CH2-][C@H]1C(CC)=C[C@@]2(C=C(C)C[C@H](/C=C(\C)CC=C(C)C(C)(C)N)O2)O[C@H]1C=[C-]C.[W+2]. The molecule has 1 spiro atoms. The Morgan fingerprint density at radius 2 is 2.00 bits per heavy atom. The van der Waals surface area contributed by atoms with Crippen LogP contribution in [0, 0.1) is 18.9 Å². The molecule has 0 unspecified atom stereocenters. The van der Waals surface area contributed by atoms with Gasteiger partial charge in [-0.05, 0) is 66.0 Å². The van der Waals surface area contributed by atoms with Gasteiger partial charge in [0.25, 0.3) is 0 Å². The van der Waals surface area contributed by atoms with E-state index in [-0.39, 0.29) is 44.7 Å². The van der Waals surface area contributed by atoms with Gasteiger partial charge in [0.1, 0.15) is 0 Å². The van der Waals surface area contributed by atoms with Gasteiger partial charge >= 0.3 is 21.1 Å². The molecule has 0 fully saturated rings. The van der Waals surface area contributed by atoms with Crippen LogP contribution in [0.3, 0.4) is 0 Å². The van der Waals surface area contributed by atoms with Gasteiger partial charge in [-0.25, -0.2) is 6.08 Å². The van der Waals surface area contributed by atoms with E-state index in [9.17, 15) is 0 Å². The molecule has 2 rings (SSSR count). The van der Waals surface area contributed by atoms with Crippen LogP contribution in [0.5, 0.6) is 0 Å². The Bertz CT molecular complexity index is 739. The molecule has 166 valence electrons. The minimum atomic E-state index is -0.827. The van der Waals surface area contributed by atoms with Crippen LogP contribution in [0.15, 0.2) is 52.7 Å². The molecule has 0 aromatic heterocycles. The summed E-state index contributed by atoms with van der Waals surface area (Å²) in [6, 6.07) is 0. The average molecular weight is 581 g/mol. The Hall–Kier alpha value is -0.732.